The first-order chi connectivity index (χ1) is 20.0. The monoisotopic (exact) mass is 615 g/mol. The van der Waals surface area contributed by atoms with E-state index in [4.69, 9.17) is 20.6 Å². The number of nitrogens with zero attached hydrogens (tertiary/aromatic N) is 1. The van der Waals surface area contributed by atoms with E-state index < -0.39 is 21.3 Å². The Morgan fingerprint density at radius 3 is 2.40 bits per heavy atom. The van der Waals surface area contributed by atoms with Crippen molar-refractivity contribution < 1.29 is 32.3 Å². The van der Waals surface area contributed by atoms with E-state index in [0.717, 1.165) is 11.8 Å². The van der Waals surface area contributed by atoms with Gasteiger partial charge in [0.1, 0.15) is 17.3 Å². The average Bonchev–Trinajstić information content (AvgIpc) is 3.19. The fourth-order valence-corrected chi connectivity index (χ4v) is 5.31. The molecule has 1 heterocycles. The van der Waals surface area contributed by atoms with Crippen LogP contribution in [0.5, 0.6) is 11.5 Å². The fraction of sp³-hybridized carbons (Fsp3) is 0.467. The Morgan fingerprint density at radius 2 is 1.81 bits per heavy atom. The van der Waals surface area contributed by atoms with E-state index in [-0.39, 0.29) is 60.5 Å². The lowest BCUT2D eigenvalue weighted by atomic mass is 9.84. The van der Waals surface area contributed by atoms with Crippen LogP contribution in [0.3, 0.4) is 0 Å². The number of hydrogen-bond donors (Lipinski definition) is 4. The Bertz CT molecular complexity index is 1530. The maximum absolute atomic E-state index is 13.7. The van der Waals surface area contributed by atoms with Crippen molar-refractivity contribution in [3.63, 3.8) is 0 Å². The SMILES string of the molecule is CCOc1cc2c(cc1CC(=O)NC)C(=N)N(CC(=O)c1cc(NS(C)(=O)=O)c(OCCCC(N)=O)c(C(C)(C)C)c1)C2. The number of likely N-dealkylation sites (N-methyl/N-ethyl adjacent to an activating group) is 1. The lowest BCUT2D eigenvalue weighted by molar-refractivity contribution is -0.120. The minimum Gasteiger partial charge on any atom is -0.494 e. The minimum absolute atomic E-state index is 0.0912. The number of primary amides is 1. The van der Waals surface area contributed by atoms with Gasteiger partial charge in [0.05, 0.1) is 38.1 Å². The number of hydrogen-bond acceptors (Lipinski definition) is 8. The second-order valence-corrected chi connectivity index (χ2v) is 13.2. The van der Waals surface area contributed by atoms with E-state index in [1.165, 1.54) is 6.07 Å². The van der Waals surface area contributed by atoms with Gasteiger partial charge in [0.25, 0.3) is 0 Å². The van der Waals surface area contributed by atoms with E-state index in [0.29, 0.717) is 42.0 Å². The Kier molecular flexibility index (Phi) is 10.4. The summed E-state index contributed by atoms with van der Waals surface area (Å²) in [6.45, 7) is 8.27. The first kappa shape index (κ1) is 33.4. The molecule has 0 atom stereocenters. The molecule has 234 valence electrons. The topological polar surface area (TPSA) is 181 Å². The molecule has 2 aromatic carbocycles. The molecule has 0 aliphatic carbocycles. The van der Waals surface area contributed by atoms with Crippen molar-refractivity contribution in [1.29, 1.82) is 5.41 Å². The molecule has 0 unspecified atom stereocenters. The first-order valence-electron chi connectivity index (χ1n) is 14.0. The van der Waals surface area contributed by atoms with Crippen LogP contribution >= 0.6 is 0 Å². The number of carbonyl (C=O) groups excluding carboxylic acids is 3. The highest BCUT2D eigenvalue weighted by molar-refractivity contribution is 7.92. The van der Waals surface area contributed by atoms with Crippen LogP contribution in [0.4, 0.5) is 5.69 Å². The van der Waals surface area contributed by atoms with Gasteiger partial charge < -0.3 is 25.4 Å². The van der Waals surface area contributed by atoms with Gasteiger partial charge in [0, 0.05) is 42.3 Å². The molecular formula is C30H41N5O7S. The molecule has 0 fully saturated rings. The highest BCUT2D eigenvalue weighted by Gasteiger charge is 2.30. The van der Waals surface area contributed by atoms with Crippen LogP contribution in [0, 0.1) is 5.41 Å². The third kappa shape index (κ3) is 8.69. The molecule has 0 saturated heterocycles. The largest absolute Gasteiger partial charge is 0.494 e. The standard InChI is InChI=1S/C30H41N5O7S/c1-7-41-25-14-20-16-35(29(32)21(20)11-19(25)15-27(38)33-5)17-24(36)18-12-22(30(2,3)4)28(42-10-8-9-26(31)37)23(13-18)34-43(6,39)40/h11-14,32,34H,7-10,15-17H2,1-6H3,(H2,31,37)(H,33,38). The summed E-state index contributed by atoms with van der Waals surface area (Å²) in [5.74, 6) is -0.0108. The summed E-state index contributed by atoms with van der Waals surface area (Å²) in [6, 6.07) is 6.69. The maximum atomic E-state index is 13.7. The van der Waals surface area contributed by atoms with Gasteiger partial charge >= 0.3 is 0 Å². The minimum atomic E-state index is -3.74. The van der Waals surface area contributed by atoms with E-state index in [1.54, 1.807) is 24.1 Å². The predicted octanol–water partition coefficient (Wildman–Crippen LogP) is 2.71. The lowest BCUT2D eigenvalue weighted by Crippen LogP contribution is -2.30. The number of ketones is 1. The molecule has 43 heavy (non-hydrogen) atoms. The van der Waals surface area contributed by atoms with Gasteiger partial charge in [-0.05, 0) is 48.6 Å². The number of rotatable bonds is 14. The number of carbonyl (C=O) groups is 3. The summed E-state index contributed by atoms with van der Waals surface area (Å²) in [7, 11) is -2.19. The van der Waals surface area contributed by atoms with Gasteiger partial charge in [0.2, 0.25) is 21.8 Å². The summed E-state index contributed by atoms with van der Waals surface area (Å²) < 4.78 is 38.7. The molecule has 2 aromatic rings. The van der Waals surface area contributed by atoms with Crippen LogP contribution in [0.25, 0.3) is 0 Å². The number of sulfonamides is 1. The molecule has 5 N–H and O–H groups in total. The molecule has 0 aromatic heterocycles. The van der Waals surface area contributed by atoms with Crippen LogP contribution in [-0.2, 0) is 38.0 Å². The third-order valence-electron chi connectivity index (χ3n) is 6.81. The fourth-order valence-electron chi connectivity index (χ4n) is 4.76. The molecule has 0 bridgehead atoms. The number of nitrogens with one attached hydrogen (secondary N) is 3. The number of benzene rings is 2. The molecule has 0 radical (unpaired) electrons. The highest BCUT2D eigenvalue weighted by atomic mass is 32.2. The first-order valence-corrected chi connectivity index (χ1v) is 15.9. The zero-order valence-corrected chi connectivity index (χ0v) is 26.4. The quantitative estimate of drug-likeness (QED) is 0.185. The van der Waals surface area contributed by atoms with E-state index in [9.17, 15) is 22.8 Å². The van der Waals surface area contributed by atoms with Gasteiger partial charge in [-0.1, -0.05) is 20.8 Å². The van der Waals surface area contributed by atoms with Gasteiger partial charge in [-0.2, -0.15) is 0 Å². The maximum Gasteiger partial charge on any atom is 0.229 e. The Balaban J connectivity index is 1.95. The molecule has 12 nitrogen and oxygen atoms in total. The van der Waals surface area contributed by atoms with Crippen LogP contribution in [-0.4, -0.2) is 69.8 Å². The molecule has 1 aliphatic heterocycles. The summed E-state index contributed by atoms with van der Waals surface area (Å²) >= 11 is 0. The van der Waals surface area contributed by atoms with Crippen molar-refractivity contribution in [2.24, 2.45) is 5.73 Å². The number of amides is 2. The van der Waals surface area contributed by atoms with Crippen molar-refractivity contribution in [3.8, 4) is 11.5 Å². The van der Waals surface area contributed by atoms with Gasteiger partial charge in [-0.3, -0.25) is 24.5 Å². The number of fused-ring (bicyclic) bond motifs is 1. The molecule has 2 amide bonds. The zero-order valence-electron chi connectivity index (χ0n) is 25.5. The summed E-state index contributed by atoms with van der Waals surface area (Å²) in [5.41, 5.74) is 7.71. The van der Waals surface area contributed by atoms with Crippen LogP contribution in [0.1, 0.15) is 73.1 Å². The number of ether oxygens (including phenoxy) is 2. The van der Waals surface area contributed by atoms with Gasteiger partial charge in [-0.25, -0.2) is 8.42 Å². The number of Topliss-reactive ketones (excluding diaryl/α,β-unsaturated/α-hetero) is 1. The predicted molar refractivity (Wildman–Crippen MR) is 164 cm³/mol. The van der Waals surface area contributed by atoms with Crippen molar-refractivity contribution in [3.05, 3.63) is 52.1 Å². The third-order valence-corrected chi connectivity index (χ3v) is 7.40. The van der Waals surface area contributed by atoms with E-state index in [1.807, 2.05) is 33.8 Å². The highest BCUT2D eigenvalue weighted by Crippen LogP contribution is 2.39. The molecule has 0 spiro atoms. The molecule has 3 rings (SSSR count). The summed E-state index contributed by atoms with van der Waals surface area (Å²) in [5, 5.41) is 11.4. The van der Waals surface area contributed by atoms with Crippen molar-refractivity contribution in [2.75, 3.05) is 37.8 Å². The number of anilines is 1. The van der Waals surface area contributed by atoms with Crippen molar-refractivity contribution in [1.82, 2.24) is 10.2 Å². The molecule has 0 saturated carbocycles. The van der Waals surface area contributed by atoms with Crippen LogP contribution in [0.15, 0.2) is 24.3 Å². The Hall–Kier alpha value is -4.13. The van der Waals surface area contributed by atoms with Crippen molar-refractivity contribution in [2.45, 2.75) is 58.9 Å². The van der Waals surface area contributed by atoms with Crippen LogP contribution < -0.4 is 25.2 Å². The second kappa shape index (κ2) is 13.4. The van der Waals surface area contributed by atoms with Crippen LogP contribution in [0.2, 0.25) is 0 Å². The van der Waals surface area contributed by atoms with E-state index in [2.05, 4.69) is 10.0 Å². The van der Waals surface area contributed by atoms with Crippen molar-refractivity contribution >= 4 is 39.1 Å². The summed E-state index contributed by atoms with van der Waals surface area (Å²) in [6.07, 6.45) is 1.55. The molecule has 13 heteroatoms. The Labute approximate surface area is 252 Å². The molecular weight excluding hydrogens is 574 g/mol. The number of amidine groups is 1. The van der Waals surface area contributed by atoms with Gasteiger partial charge in [-0.15, -0.1) is 0 Å². The molecule has 1 aliphatic rings. The van der Waals surface area contributed by atoms with Gasteiger partial charge in [0.15, 0.2) is 5.78 Å². The average molecular weight is 616 g/mol. The summed E-state index contributed by atoms with van der Waals surface area (Å²) in [4.78, 5) is 38.5. The zero-order chi connectivity index (χ0) is 32.1. The number of nitrogens with two attached hydrogens (primary N) is 1. The normalized spacial score (nSPS) is 13.0. The lowest BCUT2D eigenvalue weighted by Gasteiger charge is -2.26. The van der Waals surface area contributed by atoms with E-state index >= 15 is 0 Å². The smallest absolute Gasteiger partial charge is 0.229 e. The second-order valence-electron chi connectivity index (χ2n) is 11.5. The Morgan fingerprint density at radius 1 is 1.12 bits per heavy atom.